The highest BCUT2D eigenvalue weighted by molar-refractivity contribution is 6.42. The maximum absolute atomic E-state index is 12.6. The van der Waals surface area contributed by atoms with Crippen LogP contribution in [0.2, 0.25) is 10.0 Å². The second-order valence-corrected chi connectivity index (χ2v) is 8.13. The Balaban J connectivity index is 0.00000300. The van der Waals surface area contributed by atoms with Crippen molar-refractivity contribution in [3.63, 3.8) is 0 Å². The zero-order valence-corrected chi connectivity index (χ0v) is 19.0. The fraction of sp³-hybridized carbons (Fsp3) is 0.500. The summed E-state index contributed by atoms with van der Waals surface area (Å²) in [7, 11) is 0. The Hall–Kier alpha value is -1.31. The van der Waals surface area contributed by atoms with E-state index in [4.69, 9.17) is 27.7 Å². The van der Waals surface area contributed by atoms with Crippen LogP contribution in [0, 0.1) is 0 Å². The van der Waals surface area contributed by atoms with Gasteiger partial charge in [0, 0.05) is 50.9 Å². The molecule has 0 radical (unpaired) electrons. The first kappa shape index (κ1) is 24.0. The molecular weight excluding hydrogens is 435 g/mol. The van der Waals surface area contributed by atoms with Gasteiger partial charge in [-0.15, -0.1) is 12.4 Å². The molecule has 0 atom stereocenters. The molecular formula is C20H27Cl3N4O2. The number of carbonyl (C=O) groups is 1. The molecule has 0 saturated carbocycles. The summed E-state index contributed by atoms with van der Waals surface area (Å²) in [6.45, 7) is 9.79. The lowest BCUT2D eigenvalue weighted by Gasteiger charge is -2.34. The van der Waals surface area contributed by atoms with Crippen molar-refractivity contribution >= 4 is 41.5 Å². The number of carbonyl (C=O) groups excluding carboxylic acids is 1. The van der Waals surface area contributed by atoms with Crippen molar-refractivity contribution in [2.24, 2.45) is 0 Å². The molecule has 0 bridgehead atoms. The number of halogens is 3. The summed E-state index contributed by atoms with van der Waals surface area (Å²) in [5.74, 6) is 1.24. The SMILES string of the molecule is CC(C)c1cc(CNCCN2CCN(C(=O)c3ccc(Cl)c(Cl)c3)CC2)on1.Cl. The smallest absolute Gasteiger partial charge is 0.253 e. The van der Waals surface area contributed by atoms with E-state index in [9.17, 15) is 4.79 Å². The van der Waals surface area contributed by atoms with Gasteiger partial charge in [-0.05, 0) is 24.1 Å². The normalized spacial score (nSPS) is 14.9. The van der Waals surface area contributed by atoms with Crippen LogP contribution in [0.1, 0.15) is 41.6 Å². The van der Waals surface area contributed by atoms with E-state index >= 15 is 0 Å². The fourth-order valence-corrected chi connectivity index (χ4v) is 3.42. The molecule has 1 aliphatic rings. The molecule has 0 unspecified atom stereocenters. The van der Waals surface area contributed by atoms with Crippen LogP contribution in [0.4, 0.5) is 0 Å². The van der Waals surface area contributed by atoms with Crippen molar-refractivity contribution in [3.8, 4) is 0 Å². The molecule has 9 heteroatoms. The lowest BCUT2D eigenvalue weighted by Crippen LogP contribution is -2.50. The van der Waals surface area contributed by atoms with Crippen LogP contribution in [0.3, 0.4) is 0 Å². The molecule has 29 heavy (non-hydrogen) atoms. The van der Waals surface area contributed by atoms with Gasteiger partial charge < -0.3 is 14.7 Å². The lowest BCUT2D eigenvalue weighted by molar-refractivity contribution is 0.0638. The van der Waals surface area contributed by atoms with Crippen LogP contribution in [0.15, 0.2) is 28.8 Å². The minimum atomic E-state index is 0. The molecule has 6 nitrogen and oxygen atoms in total. The summed E-state index contributed by atoms with van der Waals surface area (Å²) >= 11 is 11.9. The van der Waals surface area contributed by atoms with Gasteiger partial charge >= 0.3 is 0 Å². The highest BCUT2D eigenvalue weighted by atomic mass is 35.5. The Kier molecular flexibility index (Phi) is 9.24. The van der Waals surface area contributed by atoms with Gasteiger partial charge in [-0.25, -0.2) is 0 Å². The van der Waals surface area contributed by atoms with E-state index in [0.29, 0.717) is 41.2 Å². The minimum absolute atomic E-state index is 0. The third-order valence-electron chi connectivity index (χ3n) is 4.90. The number of nitrogens with zero attached hydrogens (tertiary/aromatic N) is 3. The van der Waals surface area contributed by atoms with E-state index < -0.39 is 0 Å². The van der Waals surface area contributed by atoms with Crippen LogP contribution in [-0.4, -0.2) is 60.1 Å². The van der Waals surface area contributed by atoms with E-state index in [1.807, 2.05) is 11.0 Å². The third-order valence-corrected chi connectivity index (χ3v) is 5.64. The second kappa shape index (κ2) is 11.2. The average molecular weight is 462 g/mol. The summed E-state index contributed by atoms with van der Waals surface area (Å²) in [5, 5.41) is 8.32. The van der Waals surface area contributed by atoms with E-state index in [-0.39, 0.29) is 18.3 Å². The summed E-state index contributed by atoms with van der Waals surface area (Å²) < 4.78 is 5.33. The van der Waals surface area contributed by atoms with Crippen molar-refractivity contribution in [2.75, 3.05) is 39.3 Å². The summed E-state index contributed by atoms with van der Waals surface area (Å²) in [6, 6.07) is 7.03. The number of amides is 1. The van der Waals surface area contributed by atoms with E-state index in [1.165, 1.54) is 0 Å². The van der Waals surface area contributed by atoms with Crippen LogP contribution < -0.4 is 5.32 Å². The molecule has 1 saturated heterocycles. The van der Waals surface area contributed by atoms with Crippen molar-refractivity contribution < 1.29 is 9.32 Å². The average Bonchev–Trinajstić information content (AvgIpc) is 3.17. The van der Waals surface area contributed by atoms with Gasteiger partial charge in [-0.3, -0.25) is 9.69 Å². The predicted molar refractivity (Wildman–Crippen MR) is 118 cm³/mol. The van der Waals surface area contributed by atoms with Crippen molar-refractivity contribution in [3.05, 3.63) is 51.3 Å². The molecule has 1 amide bonds. The lowest BCUT2D eigenvalue weighted by atomic mass is 10.1. The quantitative estimate of drug-likeness (QED) is 0.630. The molecule has 1 aliphatic heterocycles. The van der Waals surface area contributed by atoms with E-state index in [2.05, 4.69) is 29.2 Å². The minimum Gasteiger partial charge on any atom is -0.360 e. The summed E-state index contributed by atoms with van der Waals surface area (Å²) in [4.78, 5) is 16.8. The standard InChI is InChI=1S/C20H26Cl2N4O2.ClH/c1-14(2)19-12-16(28-24-19)13-23-5-6-25-7-9-26(10-8-25)20(27)15-3-4-17(21)18(22)11-15;/h3-4,11-12,14,23H,5-10,13H2,1-2H3;1H. The van der Waals surface area contributed by atoms with Crippen molar-refractivity contribution in [1.82, 2.24) is 20.3 Å². The van der Waals surface area contributed by atoms with E-state index in [1.54, 1.807) is 18.2 Å². The van der Waals surface area contributed by atoms with Crippen LogP contribution in [0.25, 0.3) is 0 Å². The summed E-state index contributed by atoms with van der Waals surface area (Å²) in [5.41, 5.74) is 1.57. The number of piperazine rings is 1. The largest absolute Gasteiger partial charge is 0.360 e. The van der Waals surface area contributed by atoms with Crippen LogP contribution in [0.5, 0.6) is 0 Å². The molecule has 0 aliphatic carbocycles. The van der Waals surface area contributed by atoms with Crippen LogP contribution >= 0.6 is 35.6 Å². The number of hydrogen-bond donors (Lipinski definition) is 1. The third kappa shape index (κ3) is 6.59. The van der Waals surface area contributed by atoms with Crippen LogP contribution in [-0.2, 0) is 6.54 Å². The number of hydrogen-bond acceptors (Lipinski definition) is 5. The summed E-state index contributed by atoms with van der Waals surface area (Å²) in [6.07, 6.45) is 0. The first-order valence-electron chi connectivity index (χ1n) is 9.57. The van der Waals surface area contributed by atoms with Gasteiger partial charge in [-0.2, -0.15) is 0 Å². The highest BCUT2D eigenvalue weighted by Gasteiger charge is 2.22. The fourth-order valence-electron chi connectivity index (χ4n) is 3.12. The molecule has 1 aromatic heterocycles. The van der Waals surface area contributed by atoms with Gasteiger partial charge in [0.15, 0.2) is 5.76 Å². The van der Waals surface area contributed by atoms with Crippen molar-refractivity contribution in [1.29, 1.82) is 0 Å². The molecule has 2 heterocycles. The molecule has 1 fully saturated rings. The Labute approximate surface area is 187 Å². The molecule has 1 N–H and O–H groups in total. The van der Waals surface area contributed by atoms with Gasteiger partial charge in [0.05, 0.1) is 22.3 Å². The monoisotopic (exact) mass is 460 g/mol. The van der Waals surface area contributed by atoms with E-state index in [0.717, 1.165) is 37.6 Å². The number of nitrogens with one attached hydrogen (secondary N) is 1. The van der Waals surface area contributed by atoms with Gasteiger partial charge in [0.25, 0.3) is 5.91 Å². The first-order chi connectivity index (χ1) is 13.4. The molecule has 160 valence electrons. The molecule has 1 aromatic carbocycles. The highest BCUT2D eigenvalue weighted by Crippen LogP contribution is 2.23. The second-order valence-electron chi connectivity index (χ2n) is 7.31. The Bertz CT molecular complexity index is 805. The number of benzene rings is 1. The molecule has 2 aromatic rings. The Morgan fingerprint density at radius 2 is 1.90 bits per heavy atom. The maximum atomic E-state index is 12.6. The number of rotatable bonds is 7. The molecule has 3 rings (SSSR count). The Morgan fingerprint density at radius 3 is 2.52 bits per heavy atom. The Morgan fingerprint density at radius 1 is 1.17 bits per heavy atom. The zero-order valence-electron chi connectivity index (χ0n) is 16.7. The van der Waals surface area contributed by atoms with Crippen molar-refractivity contribution in [2.45, 2.75) is 26.3 Å². The zero-order chi connectivity index (χ0) is 20.1. The van der Waals surface area contributed by atoms with Gasteiger partial charge in [0.1, 0.15) is 0 Å². The molecule has 0 spiro atoms. The van der Waals surface area contributed by atoms with Gasteiger partial charge in [-0.1, -0.05) is 42.2 Å². The maximum Gasteiger partial charge on any atom is 0.253 e. The predicted octanol–water partition coefficient (Wildman–Crippen LogP) is 4.07. The topological polar surface area (TPSA) is 61.6 Å². The number of aromatic nitrogens is 1. The van der Waals surface area contributed by atoms with Gasteiger partial charge in [0.2, 0.25) is 0 Å². The first-order valence-corrected chi connectivity index (χ1v) is 10.3.